The quantitative estimate of drug-likeness (QED) is 0.627. The molecule has 2 aromatic carbocycles. The van der Waals surface area contributed by atoms with E-state index >= 15 is 0 Å². The number of rotatable bonds is 2. The zero-order valence-electron chi connectivity index (χ0n) is 10.9. The van der Waals surface area contributed by atoms with Crippen LogP contribution in [0.3, 0.4) is 0 Å². The summed E-state index contributed by atoms with van der Waals surface area (Å²) >= 11 is 1.73. The Morgan fingerprint density at radius 1 is 1.19 bits per heavy atom. The molecule has 1 N–H and O–H groups in total. The van der Waals surface area contributed by atoms with E-state index in [1.54, 1.807) is 52.9 Å². The molecule has 0 saturated heterocycles. The zero-order valence-corrected chi connectivity index (χ0v) is 13.0. The van der Waals surface area contributed by atoms with E-state index in [0.717, 1.165) is 5.56 Å². The highest BCUT2D eigenvalue weighted by atomic mass is 127. The van der Waals surface area contributed by atoms with Gasteiger partial charge < -0.3 is 9.84 Å². The van der Waals surface area contributed by atoms with Crippen molar-refractivity contribution >= 4 is 32.2 Å². The molecule has 0 aliphatic carbocycles. The van der Waals surface area contributed by atoms with Gasteiger partial charge in [0.1, 0.15) is 18.1 Å². The van der Waals surface area contributed by atoms with Crippen LogP contribution in [0.1, 0.15) is 32.2 Å². The summed E-state index contributed by atoms with van der Waals surface area (Å²) in [5, 5.41) is 9.42. The van der Waals surface area contributed by atoms with Gasteiger partial charge in [0, 0.05) is 34.2 Å². The van der Waals surface area contributed by atoms with Crippen LogP contribution in [0.2, 0.25) is 0 Å². The maximum absolute atomic E-state index is 12.5. The van der Waals surface area contributed by atoms with E-state index in [9.17, 15) is 14.7 Å². The van der Waals surface area contributed by atoms with Gasteiger partial charge in [-0.1, -0.05) is 24.3 Å². The average Bonchev–Trinajstić information content (AvgIpc) is 2.47. The van der Waals surface area contributed by atoms with Crippen LogP contribution in [0.25, 0.3) is 0 Å². The fourth-order valence-corrected chi connectivity index (χ4v) is 2.72. The van der Waals surface area contributed by atoms with Crippen LogP contribution < -0.4 is 4.74 Å². The lowest BCUT2D eigenvalue weighted by Gasteiger charge is -2.24. The SMILES string of the molecule is O=C(I)c1ccc(C2COc3cc(O)ccc3C2=O)cc1. The number of hydrogen-bond donors (Lipinski definition) is 1. The first-order valence-corrected chi connectivity index (χ1v) is 7.44. The van der Waals surface area contributed by atoms with Gasteiger partial charge in [-0.2, -0.15) is 0 Å². The minimum atomic E-state index is -0.389. The highest BCUT2D eigenvalue weighted by Crippen LogP contribution is 2.34. The molecule has 106 valence electrons. The molecule has 0 fully saturated rings. The largest absolute Gasteiger partial charge is 0.508 e. The fraction of sp³-hybridized carbons (Fsp3) is 0.125. The van der Waals surface area contributed by atoms with Crippen molar-refractivity contribution in [2.45, 2.75) is 5.92 Å². The molecule has 5 heteroatoms. The minimum absolute atomic E-state index is 0.0359. The van der Waals surface area contributed by atoms with Crippen molar-refractivity contribution in [3.8, 4) is 11.5 Å². The molecule has 0 spiro atoms. The molecule has 3 rings (SSSR count). The van der Waals surface area contributed by atoms with Crippen molar-refractivity contribution in [1.29, 1.82) is 0 Å². The number of phenolic OH excluding ortho intramolecular Hbond substituents is 1. The Hall–Kier alpha value is -1.89. The molecule has 0 saturated carbocycles. The van der Waals surface area contributed by atoms with Crippen LogP contribution >= 0.6 is 22.6 Å². The maximum atomic E-state index is 12.5. The number of Topliss-reactive ketones (excluding diaryl/α,β-unsaturated/α-hetero) is 1. The predicted octanol–water partition coefficient (Wildman–Crippen LogP) is 3.33. The number of hydrogen-bond acceptors (Lipinski definition) is 4. The summed E-state index contributed by atoms with van der Waals surface area (Å²) in [6.45, 7) is 0.229. The lowest BCUT2D eigenvalue weighted by atomic mass is 9.88. The number of carbonyl (C=O) groups excluding carboxylic acids is 2. The second-order valence-electron chi connectivity index (χ2n) is 4.80. The standard InChI is InChI=1S/C16H11IO4/c17-16(20)10-3-1-9(2-4-10)13-8-21-14-7-11(18)5-6-12(14)15(13)19/h1-7,13,18H,8H2. The van der Waals surface area contributed by atoms with Gasteiger partial charge in [0.25, 0.3) is 0 Å². The third-order valence-corrected chi connectivity index (χ3v) is 4.12. The maximum Gasteiger partial charge on any atom is 0.222 e. The highest BCUT2D eigenvalue weighted by molar-refractivity contribution is 14.1. The Balaban J connectivity index is 1.92. The first kappa shape index (κ1) is 14.1. The van der Waals surface area contributed by atoms with E-state index < -0.39 is 0 Å². The molecule has 1 heterocycles. The van der Waals surface area contributed by atoms with Crippen molar-refractivity contribution in [2.24, 2.45) is 0 Å². The van der Waals surface area contributed by atoms with Crippen molar-refractivity contribution in [3.63, 3.8) is 0 Å². The molecule has 21 heavy (non-hydrogen) atoms. The summed E-state index contributed by atoms with van der Waals surface area (Å²) in [6.07, 6.45) is 0. The van der Waals surface area contributed by atoms with Crippen LogP contribution in [0.4, 0.5) is 0 Å². The van der Waals surface area contributed by atoms with E-state index in [2.05, 4.69) is 0 Å². The second-order valence-corrected chi connectivity index (χ2v) is 5.78. The molecule has 1 atom stereocenters. The zero-order chi connectivity index (χ0) is 15.0. The topological polar surface area (TPSA) is 63.6 Å². The summed E-state index contributed by atoms with van der Waals surface area (Å²) in [7, 11) is 0. The van der Waals surface area contributed by atoms with Crippen LogP contribution in [0, 0.1) is 0 Å². The molecule has 0 aromatic heterocycles. The van der Waals surface area contributed by atoms with Crippen molar-refractivity contribution in [1.82, 2.24) is 0 Å². The van der Waals surface area contributed by atoms with Crippen LogP contribution in [0.15, 0.2) is 42.5 Å². The third kappa shape index (κ3) is 2.65. The van der Waals surface area contributed by atoms with Crippen molar-refractivity contribution in [3.05, 3.63) is 59.2 Å². The lowest BCUT2D eigenvalue weighted by Crippen LogP contribution is -2.25. The first-order chi connectivity index (χ1) is 10.1. The Morgan fingerprint density at radius 3 is 2.57 bits per heavy atom. The lowest BCUT2D eigenvalue weighted by molar-refractivity contribution is 0.0896. The van der Waals surface area contributed by atoms with Crippen LogP contribution in [0.5, 0.6) is 11.5 Å². The van der Waals surface area contributed by atoms with E-state index in [4.69, 9.17) is 4.74 Å². The van der Waals surface area contributed by atoms with E-state index in [0.29, 0.717) is 16.9 Å². The van der Waals surface area contributed by atoms with E-state index in [1.165, 1.54) is 12.1 Å². The summed E-state index contributed by atoms with van der Waals surface area (Å²) in [5.41, 5.74) is 1.90. The third-order valence-electron chi connectivity index (χ3n) is 3.49. The highest BCUT2D eigenvalue weighted by Gasteiger charge is 2.30. The molecule has 0 radical (unpaired) electrons. The van der Waals surface area contributed by atoms with E-state index in [-0.39, 0.29) is 27.8 Å². The monoisotopic (exact) mass is 394 g/mol. The van der Waals surface area contributed by atoms with Gasteiger partial charge in [0.2, 0.25) is 3.79 Å². The van der Waals surface area contributed by atoms with Gasteiger partial charge in [0.05, 0.1) is 11.5 Å². The molecular formula is C16H11IO4. The summed E-state index contributed by atoms with van der Waals surface area (Å²) in [5.74, 6) is 0.0606. The van der Waals surface area contributed by atoms with Crippen LogP contribution in [-0.2, 0) is 0 Å². The van der Waals surface area contributed by atoms with Crippen LogP contribution in [-0.4, -0.2) is 21.3 Å². The van der Waals surface area contributed by atoms with Gasteiger partial charge in [-0.05, 0) is 17.7 Å². The Morgan fingerprint density at radius 2 is 1.90 bits per heavy atom. The number of phenols is 1. The molecule has 1 aliphatic rings. The minimum Gasteiger partial charge on any atom is -0.508 e. The average molecular weight is 394 g/mol. The van der Waals surface area contributed by atoms with Crippen molar-refractivity contribution < 1.29 is 19.4 Å². The number of ketones is 1. The number of ether oxygens (including phenoxy) is 1. The Kier molecular flexibility index (Phi) is 3.67. The fourth-order valence-electron chi connectivity index (χ4n) is 2.36. The second kappa shape index (κ2) is 5.48. The number of halogens is 1. The molecule has 0 amide bonds. The number of aromatic hydroxyl groups is 1. The summed E-state index contributed by atoms with van der Waals surface area (Å²) in [4.78, 5) is 23.8. The van der Waals surface area contributed by atoms with Crippen molar-refractivity contribution in [2.75, 3.05) is 6.61 Å². The van der Waals surface area contributed by atoms with Gasteiger partial charge in [-0.3, -0.25) is 9.59 Å². The first-order valence-electron chi connectivity index (χ1n) is 6.36. The number of fused-ring (bicyclic) bond motifs is 1. The van der Waals surface area contributed by atoms with Gasteiger partial charge in [-0.15, -0.1) is 0 Å². The Bertz CT molecular complexity index is 722. The molecule has 0 bridgehead atoms. The summed E-state index contributed by atoms with van der Waals surface area (Å²) < 4.78 is 5.53. The molecule has 1 unspecified atom stereocenters. The summed E-state index contributed by atoms with van der Waals surface area (Å²) in [6, 6.07) is 11.5. The van der Waals surface area contributed by atoms with E-state index in [1.807, 2.05) is 0 Å². The predicted molar refractivity (Wildman–Crippen MR) is 85.5 cm³/mol. The molecule has 2 aromatic rings. The Labute approximate surface area is 134 Å². The number of benzene rings is 2. The molecular weight excluding hydrogens is 383 g/mol. The van der Waals surface area contributed by atoms with Gasteiger partial charge in [-0.25, -0.2) is 0 Å². The smallest absolute Gasteiger partial charge is 0.222 e. The van der Waals surface area contributed by atoms with Gasteiger partial charge in [0.15, 0.2) is 5.78 Å². The molecule has 1 aliphatic heterocycles. The molecule has 4 nitrogen and oxygen atoms in total. The normalized spacial score (nSPS) is 17.0. The number of carbonyl (C=O) groups is 2. The van der Waals surface area contributed by atoms with Gasteiger partial charge >= 0.3 is 0 Å².